The van der Waals surface area contributed by atoms with Crippen LogP contribution in [0.25, 0.3) is 11.3 Å². The first-order chi connectivity index (χ1) is 18.0. The minimum Gasteiger partial charge on any atom is -0.497 e. The molecule has 37 heavy (non-hydrogen) atoms. The number of carbonyl (C=O) groups excluding carboxylic acids is 1. The van der Waals surface area contributed by atoms with Crippen molar-refractivity contribution in [1.82, 2.24) is 10.1 Å². The Morgan fingerprint density at radius 3 is 2.51 bits per heavy atom. The highest BCUT2D eigenvalue weighted by Crippen LogP contribution is 2.47. The van der Waals surface area contributed by atoms with Gasteiger partial charge in [-0.25, -0.2) is 4.79 Å². The lowest BCUT2D eigenvalue weighted by atomic mass is 10.0. The molecule has 7 nitrogen and oxygen atoms in total. The standard InChI is InChI=1S/C28H28Cl2N2O5/c1-34-20-11-22(29)25(23(30)12-20)26-21(27(37-31-26)17-7-8-17)15-35-24-10-19-9-18(24)13-32(19)28(33)36-14-16-5-3-2-4-6-16/h2-6,11-12,17-19,24H,7-10,13-15H2,1H3/t18-,19-,24+/m0/s1. The minimum atomic E-state index is -0.254. The third-order valence-electron chi connectivity index (χ3n) is 7.61. The summed E-state index contributed by atoms with van der Waals surface area (Å²) < 4.78 is 23.1. The summed E-state index contributed by atoms with van der Waals surface area (Å²) in [7, 11) is 1.57. The van der Waals surface area contributed by atoms with E-state index in [2.05, 4.69) is 5.16 Å². The number of halogens is 2. The van der Waals surface area contributed by atoms with E-state index < -0.39 is 0 Å². The van der Waals surface area contributed by atoms with Crippen molar-refractivity contribution < 1.29 is 23.5 Å². The Labute approximate surface area is 225 Å². The number of likely N-dealkylation sites (tertiary alicyclic amines) is 1. The van der Waals surface area contributed by atoms with Crippen molar-refractivity contribution in [1.29, 1.82) is 0 Å². The van der Waals surface area contributed by atoms with E-state index in [0.29, 0.717) is 46.1 Å². The van der Waals surface area contributed by atoms with E-state index in [4.69, 9.17) is 41.9 Å². The van der Waals surface area contributed by atoms with Gasteiger partial charge in [0.05, 0.1) is 29.9 Å². The largest absolute Gasteiger partial charge is 0.497 e. The third kappa shape index (κ3) is 4.92. The fraction of sp³-hybridized carbons (Fsp3) is 0.429. The van der Waals surface area contributed by atoms with Crippen LogP contribution in [0.4, 0.5) is 4.79 Å². The zero-order valence-corrected chi connectivity index (χ0v) is 22.0. The lowest BCUT2D eigenvalue weighted by Gasteiger charge is -2.31. The molecule has 1 aliphatic heterocycles. The van der Waals surface area contributed by atoms with Gasteiger partial charge in [0.1, 0.15) is 23.8 Å². The Balaban J connectivity index is 1.12. The summed E-state index contributed by atoms with van der Waals surface area (Å²) in [5, 5.41) is 5.26. The maximum absolute atomic E-state index is 12.7. The first-order valence-corrected chi connectivity index (χ1v) is 13.4. The molecule has 0 unspecified atom stereocenters. The summed E-state index contributed by atoms with van der Waals surface area (Å²) in [5.41, 5.74) is 3.13. The molecule has 0 N–H and O–H groups in total. The lowest BCUT2D eigenvalue weighted by Crippen LogP contribution is -2.42. The molecule has 0 spiro atoms. The molecule has 2 heterocycles. The molecule has 3 aliphatic rings. The monoisotopic (exact) mass is 542 g/mol. The van der Waals surface area contributed by atoms with Crippen LogP contribution in [-0.2, 0) is 22.7 Å². The quantitative estimate of drug-likeness (QED) is 0.309. The highest BCUT2D eigenvalue weighted by atomic mass is 35.5. The molecule has 1 amide bonds. The van der Waals surface area contributed by atoms with Gasteiger partial charge < -0.3 is 23.6 Å². The second-order valence-corrected chi connectivity index (χ2v) is 10.9. The number of methoxy groups -OCH3 is 1. The van der Waals surface area contributed by atoms with E-state index in [-0.39, 0.29) is 30.8 Å². The zero-order valence-electron chi connectivity index (χ0n) is 20.5. The molecule has 3 fully saturated rings. The number of amides is 1. The maximum atomic E-state index is 12.7. The molecule has 6 rings (SSSR count). The minimum absolute atomic E-state index is 0.0554. The van der Waals surface area contributed by atoms with Crippen LogP contribution in [0, 0.1) is 5.92 Å². The molecule has 1 saturated heterocycles. The molecule has 2 saturated carbocycles. The van der Waals surface area contributed by atoms with E-state index in [1.54, 1.807) is 19.2 Å². The van der Waals surface area contributed by atoms with Gasteiger partial charge in [0.2, 0.25) is 0 Å². The summed E-state index contributed by atoms with van der Waals surface area (Å²) in [4.78, 5) is 14.6. The number of piperidine rings is 1. The van der Waals surface area contributed by atoms with Gasteiger partial charge in [-0.05, 0) is 43.4 Å². The normalized spacial score (nSPS) is 22.5. The van der Waals surface area contributed by atoms with Crippen LogP contribution in [0.3, 0.4) is 0 Å². The summed E-state index contributed by atoms with van der Waals surface area (Å²) in [6.07, 6.45) is 3.65. The number of rotatable bonds is 8. The van der Waals surface area contributed by atoms with Crippen molar-refractivity contribution in [3.8, 4) is 17.0 Å². The Kier molecular flexibility index (Phi) is 6.78. The fourth-order valence-electron chi connectivity index (χ4n) is 5.54. The molecule has 194 valence electrons. The molecular weight excluding hydrogens is 515 g/mol. The first kappa shape index (κ1) is 24.6. The van der Waals surface area contributed by atoms with Crippen molar-refractivity contribution in [2.24, 2.45) is 5.92 Å². The molecule has 2 aliphatic carbocycles. The molecule has 2 bridgehead atoms. The average Bonchev–Trinajstić information content (AvgIpc) is 3.35. The number of fused-ring (bicyclic) bond motifs is 2. The lowest BCUT2D eigenvalue weighted by molar-refractivity contribution is -0.0114. The second kappa shape index (κ2) is 10.2. The van der Waals surface area contributed by atoms with Gasteiger partial charge in [0, 0.05) is 35.5 Å². The van der Waals surface area contributed by atoms with Gasteiger partial charge in [0.15, 0.2) is 0 Å². The molecule has 3 atom stereocenters. The van der Waals surface area contributed by atoms with E-state index in [9.17, 15) is 4.79 Å². The maximum Gasteiger partial charge on any atom is 0.410 e. The van der Waals surface area contributed by atoms with Gasteiger partial charge in [-0.2, -0.15) is 0 Å². The van der Waals surface area contributed by atoms with Crippen LogP contribution < -0.4 is 4.74 Å². The Hall–Kier alpha value is -2.74. The number of benzene rings is 2. The smallest absolute Gasteiger partial charge is 0.410 e. The number of hydrogen-bond donors (Lipinski definition) is 0. The fourth-order valence-corrected chi connectivity index (χ4v) is 6.19. The van der Waals surface area contributed by atoms with Crippen LogP contribution in [0.2, 0.25) is 10.0 Å². The van der Waals surface area contributed by atoms with Crippen molar-refractivity contribution in [2.75, 3.05) is 13.7 Å². The van der Waals surface area contributed by atoms with E-state index >= 15 is 0 Å². The third-order valence-corrected chi connectivity index (χ3v) is 8.21. The van der Waals surface area contributed by atoms with Crippen LogP contribution >= 0.6 is 23.2 Å². The van der Waals surface area contributed by atoms with Gasteiger partial charge in [-0.15, -0.1) is 0 Å². The van der Waals surface area contributed by atoms with Gasteiger partial charge in [-0.1, -0.05) is 58.7 Å². The summed E-state index contributed by atoms with van der Waals surface area (Å²) in [6.45, 7) is 1.28. The SMILES string of the molecule is COc1cc(Cl)c(-c2noc(C3CC3)c2CO[C@@H]2C[C@@H]3C[C@H]2CN3C(=O)OCc2ccccc2)c(Cl)c1. The Morgan fingerprint density at radius 2 is 1.86 bits per heavy atom. The molecule has 1 aromatic heterocycles. The van der Waals surface area contributed by atoms with Crippen molar-refractivity contribution in [3.63, 3.8) is 0 Å². The van der Waals surface area contributed by atoms with Crippen molar-refractivity contribution in [3.05, 3.63) is 69.4 Å². The van der Waals surface area contributed by atoms with Crippen molar-refractivity contribution in [2.45, 2.75) is 57.0 Å². The molecule has 9 heteroatoms. The zero-order chi connectivity index (χ0) is 25.5. The number of nitrogens with zero attached hydrogens (tertiary/aromatic N) is 2. The number of aromatic nitrogens is 1. The van der Waals surface area contributed by atoms with E-state index in [1.165, 1.54) is 0 Å². The van der Waals surface area contributed by atoms with Crippen LogP contribution in [0.5, 0.6) is 5.75 Å². The highest BCUT2D eigenvalue weighted by Gasteiger charge is 2.48. The predicted octanol–water partition coefficient (Wildman–Crippen LogP) is 6.85. The average molecular weight is 543 g/mol. The van der Waals surface area contributed by atoms with Gasteiger partial charge in [-0.3, -0.25) is 0 Å². The second-order valence-electron chi connectivity index (χ2n) is 10.0. The topological polar surface area (TPSA) is 74.0 Å². The van der Waals surface area contributed by atoms with Crippen LogP contribution in [0.15, 0.2) is 47.0 Å². The predicted molar refractivity (Wildman–Crippen MR) is 139 cm³/mol. The first-order valence-electron chi connectivity index (χ1n) is 12.6. The summed E-state index contributed by atoms with van der Waals surface area (Å²) in [5.74, 6) is 2.06. The Morgan fingerprint density at radius 1 is 1.11 bits per heavy atom. The van der Waals surface area contributed by atoms with Crippen LogP contribution in [0.1, 0.15) is 48.5 Å². The highest BCUT2D eigenvalue weighted by molar-refractivity contribution is 6.39. The number of ether oxygens (including phenoxy) is 3. The van der Waals surface area contributed by atoms with E-state index in [0.717, 1.165) is 42.6 Å². The summed E-state index contributed by atoms with van der Waals surface area (Å²) in [6, 6.07) is 13.3. The van der Waals surface area contributed by atoms with Crippen molar-refractivity contribution >= 4 is 29.3 Å². The molecule has 2 aromatic carbocycles. The number of hydrogen-bond acceptors (Lipinski definition) is 6. The Bertz CT molecular complexity index is 1270. The molecule has 3 aromatic rings. The summed E-state index contributed by atoms with van der Waals surface area (Å²) >= 11 is 13.2. The van der Waals surface area contributed by atoms with Crippen LogP contribution in [-0.4, -0.2) is 42.0 Å². The molecular formula is C28H28Cl2N2O5. The van der Waals surface area contributed by atoms with Gasteiger partial charge in [0.25, 0.3) is 0 Å². The number of carbonyl (C=O) groups is 1. The molecule has 0 radical (unpaired) electrons. The van der Waals surface area contributed by atoms with E-state index in [1.807, 2.05) is 35.2 Å². The van der Waals surface area contributed by atoms with Gasteiger partial charge >= 0.3 is 6.09 Å².